The molecule has 0 amide bonds. The first-order chi connectivity index (χ1) is 23.0. The zero-order chi connectivity index (χ0) is 32.4. The van der Waals surface area contributed by atoms with Crippen molar-refractivity contribution in [2.24, 2.45) is 0 Å². The lowest BCUT2D eigenvalue weighted by atomic mass is 9.66. The zero-order valence-corrected chi connectivity index (χ0v) is 26.7. The van der Waals surface area contributed by atoms with Crippen LogP contribution in [0.3, 0.4) is 0 Å². The Kier molecular flexibility index (Phi) is 8.38. The van der Waals surface area contributed by atoms with Gasteiger partial charge in [0.25, 0.3) is 0 Å². The first-order valence-electron chi connectivity index (χ1n) is 16.1. The van der Waals surface area contributed by atoms with E-state index in [0.29, 0.717) is 0 Å². The van der Waals surface area contributed by atoms with Gasteiger partial charge in [-0.1, -0.05) is 109 Å². The fourth-order valence-corrected chi connectivity index (χ4v) is 7.13. The quantitative estimate of drug-likeness (QED) is 0.161. The van der Waals surface area contributed by atoms with Gasteiger partial charge in [-0.2, -0.15) is 0 Å². The van der Waals surface area contributed by atoms with Gasteiger partial charge in [0.2, 0.25) is 0 Å². The summed E-state index contributed by atoms with van der Waals surface area (Å²) in [7, 11) is 0. The Morgan fingerprint density at radius 3 is 1.28 bits per heavy atom. The molecule has 7 rings (SSSR count). The molecule has 234 valence electrons. The average Bonchev–Trinajstić information content (AvgIpc) is 3.41. The lowest BCUT2D eigenvalue weighted by Gasteiger charge is -2.35. The number of hydrogen-bond donors (Lipinski definition) is 2. The number of aryl methyl sites for hydroxylation is 2. The molecule has 4 heteroatoms. The molecule has 6 aromatic carbocycles. The molecule has 0 saturated carbocycles. The van der Waals surface area contributed by atoms with E-state index >= 15 is 0 Å². The Morgan fingerprint density at radius 2 is 0.894 bits per heavy atom. The number of hydrogen-bond acceptors (Lipinski definition) is 4. The summed E-state index contributed by atoms with van der Waals surface area (Å²) in [6, 6.07) is 47.7. The highest BCUT2D eigenvalue weighted by atomic mass is 16.5. The van der Waals surface area contributed by atoms with Gasteiger partial charge in [-0.05, 0) is 105 Å². The van der Waals surface area contributed by atoms with E-state index < -0.39 is 5.41 Å². The van der Waals surface area contributed by atoms with E-state index in [2.05, 4.69) is 135 Å². The highest BCUT2D eigenvalue weighted by Gasteiger charge is 2.47. The van der Waals surface area contributed by atoms with Crippen LogP contribution < -0.4 is 9.47 Å². The van der Waals surface area contributed by atoms with Crippen molar-refractivity contribution in [2.45, 2.75) is 19.3 Å². The van der Waals surface area contributed by atoms with Crippen LogP contribution in [-0.4, -0.2) is 36.6 Å². The number of benzene rings is 6. The number of aliphatic hydroxyl groups excluding tert-OH is 2. The molecule has 0 bridgehead atoms. The van der Waals surface area contributed by atoms with Crippen molar-refractivity contribution in [3.63, 3.8) is 0 Å². The Bertz CT molecular complexity index is 1880. The third-order valence-corrected chi connectivity index (χ3v) is 9.27. The SMILES string of the molecule is Cc1cc(C2(c3ccc(OCCO)c(C)c3)c3cc(-c4ccccc4)ccc3-c3ccc(-c4ccccc4)cc32)ccc1OCCO. The van der Waals surface area contributed by atoms with E-state index in [1.54, 1.807) is 0 Å². The average molecular weight is 619 g/mol. The largest absolute Gasteiger partial charge is 0.491 e. The van der Waals surface area contributed by atoms with E-state index in [-0.39, 0.29) is 26.4 Å². The molecular weight excluding hydrogens is 580 g/mol. The molecule has 0 fully saturated rings. The third kappa shape index (κ3) is 5.40. The summed E-state index contributed by atoms with van der Waals surface area (Å²) in [6.07, 6.45) is 0. The summed E-state index contributed by atoms with van der Waals surface area (Å²) in [5.41, 5.74) is 13.1. The predicted octanol–water partition coefficient (Wildman–Crippen LogP) is 8.74. The Hall–Kier alpha value is -5.16. The van der Waals surface area contributed by atoms with Crippen LogP contribution in [-0.2, 0) is 5.41 Å². The van der Waals surface area contributed by atoms with Crippen LogP contribution >= 0.6 is 0 Å². The van der Waals surface area contributed by atoms with Crippen LogP contribution in [0.1, 0.15) is 33.4 Å². The van der Waals surface area contributed by atoms with Crippen LogP contribution in [0.15, 0.2) is 133 Å². The predicted molar refractivity (Wildman–Crippen MR) is 189 cm³/mol. The van der Waals surface area contributed by atoms with Gasteiger partial charge in [-0.3, -0.25) is 0 Å². The summed E-state index contributed by atoms with van der Waals surface area (Å²) in [5.74, 6) is 1.52. The second-order valence-electron chi connectivity index (χ2n) is 12.1. The molecule has 1 aliphatic rings. The maximum Gasteiger partial charge on any atom is 0.122 e. The molecule has 0 aromatic heterocycles. The summed E-state index contributed by atoms with van der Waals surface area (Å²) in [5, 5.41) is 18.9. The second kappa shape index (κ2) is 12.9. The van der Waals surface area contributed by atoms with Gasteiger partial charge in [0.1, 0.15) is 24.7 Å². The number of fused-ring (bicyclic) bond motifs is 3. The van der Waals surface area contributed by atoms with Crippen LogP contribution in [0.4, 0.5) is 0 Å². The summed E-state index contributed by atoms with van der Waals surface area (Å²) in [6.45, 7) is 4.54. The minimum absolute atomic E-state index is 0.0413. The minimum atomic E-state index is -0.666. The first-order valence-corrected chi connectivity index (χ1v) is 16.1. The normalized spacial score (nSPS) is 12.8. The number of rotatable bonds is 10. The molecule has 0 atom stereocenters. The minimum Gasteiger partial charge on any atom is -0.491 e. The molecule has 0 aliphatic heterocycles. The van der Waals surface area contributed by atoms with E-state index in [1.165, 1.54) is 22.3 Å². The van der Waals surface area contributed by atoms with E-state index in [0.717, 1.165) is 56.0 Å². The maximum absolute atomic E-state index is 9.45. The van der Waals surface area contributed by atoms with Crippen molar-refractivity contribution >= 4 is 0 Å². The van der Waals surface area contributed by atoms with E-state index in [1.807, 2.05) is 12.1 Å². The summed E-state index contributed by atoms with van der Waals surface area (Å²) >= 11 is 0. The Labute approximate surface area is 276 Å². The molecule has 0 heterocycles. The second-order valence-corrected chi connectivity index (χ2v) is 12.1. The van der Waals surface area contributed by atoms with Gasteiger partial charge in [-0.25, -0.2) is 0 Å². The van der Waals surface area contributed by atoms with Gasteiger partial charge >= 0.3 is 0 Å². The van der Waals surface area contributed by atoms with Gasteiger partial charge in [0.05, 0.1) is 18.6 Å². The van der Waals surface area contributed by atoms with Crippen molar-refractivity contribution in [3.05, 3.63) is 167 Å². The van der Waals surface area contributed by atoms with Gasteiger partial charge in [-0.15, -0.1) is 0 Å². The number of aliphatic hydroxyl groups is 2. The van der Waals surface area contributed by atoms with Crippen molar-refractivity contribution in [1.29, 1.82) is 0 Å². The van der Waals surface area contributed by atoms with Gasteiger partial charge in [0, 0.05) is 0 Å². The van der Waals surface area contributed by atoms with Crippen molar-refractivity contribution in [1.82, 2.24) is 0 Å². The molecule has 1 aliphatic carbocycles. The molecule has 0 saturated heterocycles. The third-order valence-electron chi connectivity index (χ3n) is 9.27. The maximum atomic E-state index is 9.45. The standard InChI is InChI=1S/C43H38O4/c1-29-25-35(15-19-41(29)46-23-21-44)43(36-16-20-42(30(2)26-36)47-24-22-45)39-27-33(31-9-5-3-6-10-31)13-17-37(39)38-18-14-34(28-40(38)43)32-11-7-4-8-12-32/h3-20,25-28,44-45H,21-24H2,1-2H3. The molecule has 2 N–H and O–H groups in total. The molecule has 0 radical (unpaired) electrons. The lowest BCUT2D eigenvalue weighted by molar-refractivity contribution is 0.200. The highest BCUT2D eigenvalue weighted by Crippen LogP contribution is 2.58. The molecule has 0 unspecified atom stereocenters. The first kappa shape index (κ1) is 30.5. The molecule has 6 aromatic rings. The van der Waals surface area contributed by atoms with Crippen molar-refractivity contribution < 1.29 is 19.7 Å². The highest BCUT2D eigenvalue weighted by molar-refractivity contribution is 5.90. The van der Waals surface area contributed by atoms with Crippen LogP contribution in [0, 0.1) is 13.8 Å². The van der Waals surface area contributed by atoms with Crippen molar-refractivity contribution in [2.75, 3.05) is 26.4 Å². The topological polar surface area (TPSA) is 58.9 Å². The molecule has 0 spiro atoms. The summed E-state index contributed by atoms with van der Waals surface area (Å²) < 4.78 is 11.8. The fourth-order valence-electron chi connectivity index (χ4n) is 7.13. The van der Waals surface area contributed by atoms with Crippen LogP contribution in [0.25, 0.3) is 33.4 Å². The van der Waals surface area contributed by atoms with Gasteiger partial charge < -0.3 is 19.7 Å². The molecular formula is C43H38O4. The molecule has 47 heavy (non-hydrogen) atoms. The van der Waals surface area contributed by atoms with E-state index in [4.69, 9.17) is 9.47 Å². The van der Waals surface area contributed by atoms with Crippen LogP contribution in [0.5, 0.6) is 11.5 Å². The van der Waals surface area contributed by atoms with E-state index in [9.17, 15) is 10.2 Å². The Morgan fingerprint density at radius 1 is 0.468 bits per heavy atom. The summed E-state index contributed by atoms with van der Waals surface area (Å²) in [4.78, 5) is 0. The zero-order valence-electron chi connectivity index (χ0n) is 26.7. The van der Waals surface area contributed by atoms with Gasteiger partial charge in [0.15, 0.2) is 0 Å². The smallest absolute Gasteiger partial charge is 0.122 e. The molecule has 4 nitrogen and oxygen atoms in total. The fraction of sp³-hybridized carbons (Fsp3) is 0.163. The van der Waals surface area contributed by atoms with Crippen molar-refractivity contribution in [3.8, 4) is 44.9 Å². The number of ether oxygens (including phenoxy) is 2. The van der Waals surface area contributed by atoms with Crippen LogP contribution in [0.2, 0.25) is 0 Å². The monoisotopic (exact) mass is 618 g/mol. The lowest BCUT2D eigenvalue weighted by Crippen LogP contribution is -2.29. The Balaban J connectivity index is 1.56.